The second-order valence-electron chi connectivity index (χ2n) is 8.17. The van der Waals surface area contributed by atoms with Gasteiger partial charge in [0.15, 0.2) is 5.82 Å². The van der Waals surface area contributed by atoms with Gasteiger partial charge in [0.2, 0.25) is 0 Å². The van der Waals surface area contributed by atoms with Gasteiger partial charge in [-0.15, -0.1) is 0 Å². The summed E-state index contributed by atoms with van der Waals surface area (Å²) >= 11 is 0. The zero-order valence-corrected chi connectivity index (χ0v) is 17.8. The maximum Gasteiger partial charge on any atom is 0.325 e. The Morgan fingerprint density at radius 2 is 1.81 bits per heavy atom. The van der Waals surface area contributed by atoms with E-state index in [1.807, 2.05) is 54.3 Å². The van der Waals surface area contributed by atoms with Crippen molar-refractivity contribution in [2.45, 2.75) is 19.6 Å². The molecular formula is C24H25N5O3. The fraction of sp³-hybridized carbons (Fsp3) is 0.292. The van der Waals surface area contributed by atoms with Gasteiger partial charge in [-0.1, -0.05) is 24.3 Å². The van der Waals surface area contributed by atoms with Crippen molar-refractivity contribution in [1.82, 2.24) is 19.9 Å². The number of fused-ring (bicyclic) bond motifs is 2. The predicted octanol–water partition coefficient (Wildman–Crippen LogP) is 2.86. The lowest BCUT2D eigenvalue weighted by Gasteiger charge is -2.38. The number of aromatic amines is 1. The molecule has 1 fully saturated rings. The molecule has 1 aliphatic rings. The van der Waals surface area contributed by atoms with E-state index in [4.69, 9.17) is 4.98 Å². The SMILES string of the molecule is Cc1nc2ccccc2nc1N1CCN([C@@H](C(=O)O)c2c[nH]c3cc(CO)ccc23)CC1. The van der Waals surface area contributed by atoms with Gasteiger partial charge in [-0.25, -0.2) is 9.97 Å². The molecule has 0 aliphatic carbocycles. The van der Waals surface area contributed by atoms with Crippen LogP contribution in [0.2, 0.25) is 0 Å². The molecule has 0 bridgehead atoms. The van der Waals surface area contributed by atoms with Crippen LogP contribution in [0.15, 0.2) is 48.7 Å². The number of carboxylic acid groups (broad SMARTS) is 1. The highest BCUT2D eigenvalue weighted by atomic mass is 16.4. The van der Waals surface area contributed by atoms with E-state index in [1.165, 1.54) is 0 Å². The standard InChI is InChI=1S/C24H25N5O3/c1-15-23(27-20-5-3-2-4-19(20)26-15)29-10-8-28(9-11-29)22(24(31)32)18-13-25-21-12-16(14-30)6-7-17(18)21/h2-7,12-13,22,25,30H,8-11,14H2,1H3,(H,31,32)/t22-/m1/s1. The van der Waals surface area contributed by atoms with E-state index in [9.17, 15) is 15.0 Å². The summed E-state index contributed by atoms with van der Waals surface area (Å²) in [5, 5.41) is 20.3. The average molecular weight is 431 g/mol. The first kappa shape index (κ1) is 20.4. The number of hydrogen-bond acceptors (Lipinski definition) is 6. The number of piperazine rings is 1. The molecule has 1 atom stereocenters. The van der Waals surface area contributed by atoms with E-state index in [2.05, 4.69) is 14.9 Å². The largest absolute Gasteiger partial charge is 0.480 e. The molecule has 0 radical (unpaired) electrons. The summed E-state index contributed by atoms with van der Waals surface area (Å²) in [5.74, 6) is -0.00823. The summed E-state index contributed by atoms with van der Waals surface area (Å²) < 4.78 is 0. The number of nitrogens with zero attached hydrogens (tertiary/aromatic N) is 4. The lowest BCUT2D eigenvalue weighted by Crippen LogP contribution is -2.49. The van der Waals surface area contributed by atoms with Crippen LogP contribution in [0.25, 0.3) is 21.9 Å². The number of rotatable bonds is 5. The fourth-order valence-corrected chi connectivity index (χ4v) is 4.58. The number of benzene rings is 2. The molecule has 0 amide bonds. The van der Waals surface area contributed by atoms with Crippen LogP contribution in [0.4, 0.5) is 5.82 Å². The second kappa shape index (κ2) is 8.22. The number of carboxylic acids is 1. The number of carbonyl (C=O) groups is 1. The van der Waals surface area contributed by atoms with Gasteiger partial charge < -0.3 is 20.1 Å². The first-order valence-corrected chi connectivity index (χ1v) is 10.7. The molecule has 3 N–H and O–H groups in total. The van der Waals surface area contributed by atoms with Crippen molar-refractivity contribution >= 4 is 33.7 Å². The van der Waals surface area contributed by atoms with Gasteiger partial charge in [0.05, 0.1) is 23.3 Å². The Kier molecular flexibility index (Phi) is 5.24. The Labute approximate surface area is 185 Å². The highest BCUT2D eigenvalue weighted by Gasteiger charge is 2.32. The molecule has 4 aromatic rings. The van der Waals surface area contributed by atoms with Crippen molar-refractivity contribution in [2.75, 3.05) is 31.1 Å². The molecule has 0 spiro atoms. The number of para-hydroxylation sites is 2. The molecule has 2 aromatic heterocycles. The number of anilines is 1. The van der Waals surface area contributed by atoms with E-state index in [0.29, 0.717) is 26.2 Å². The number of aliphatic hydroxyl groups excluding tert-OH is 1. The zero-order chi connectivity index (χ0) is 22.2. The van der Waals surface area contributed by atoms with E-state index in [-0.39, 0.29) is 6.61 Å². The van der Waals surface area contributed by atoms with Gasteiger partial charge in [0, 0.05) is 48.8 Å². The number of hydrogen-bond donors (Lipinski definition) is 3. The highest BCUT2D eigenvalue weighted by Crippen LogP contribution is 2.31. The van der Waals surface area contributed by atoms with Gasteiger partial charge in [0.1, 0.15) is 6.04 Å². The van der Waals surface area contributed by atoms with Gasteiger partial charge in [-0.2, -0.15) is 0 Å². The van der Waals surface area contributed by atoms with Gasteiger partial charge in [-0.3, -0.25) is 9.69 Å². The average Bonchev–Trinajstić information content (AvgIpc) is 3.22. The Balaban J connectivity index is 1.39. The lowest BCUT2D eigenvalue weighted by atomic mass is 10.0. The monoisotopic (exact) mass is 431 g/mol. The van der Waals surface area contributed by atoms with Crippen molar-refractivity contribution in [3.8, 4) is 0 Å². The smallest absolute Gasteiger partial charge is 0.325 e. The molecule has 8 nitrogen and oxygen atoms in total. The number of aromatic nitrogens is 3. The third-order valence-corrected chi connectivity index (χ3v) is 6.19. The predicted molar refractivity (Wildman–Crippen MR) is 123 cm³/mol. The minimum Gasteiger partial charge on any atom is -0.480 e. The summed E-state index contributed by atoms with van der Waals surface area (Å²) in [6.45, 7) is 4.47. The maximum absolute atomic E-state index is 12.3. The van der Waals surface area contributed by atoms with Crippen LogP contribution in [-0.2, 0) is 11.4 Å². The van der Waals surface area contributed by atoms with Crippen LogP contribution in [0, 0.1) is 6.92 Å². The van der Waals surface area contributed by atoms with Crippen LogP contribution in [0.1, 0.15) is 22.9 Å². The highest BCUT2D eigenvalue weighted by molar-refractivity contribution is 5.89. The fourth-order valence-electron chi connectivity index (χ4n) is 4.58. The van der Waals surface area contributed by atoms with Gasteiger partial charge >= 0.3 is 5.97 Å². The van der Waals surface area contributed by atoms with E-state index < -0.39 is 12.0 Å². The summed E-state index contributed by atoms with van der Waals surface area (Å²) in [4.78, 5) is 29.1. The third kappa shape index (κ3) is 3.57. The van der Waals surface area contributed by atoms with Crippen molar-refractivity contribution in [3.05, 3.63) is 65.5 Å². The molecule has 8 heteroatoms. The Hall–Kier alpha value is -3.49. The van der Waals surface area contributed by atoms with Crippen LogP contribution in [0.3, 0.4) is 0 Å². The Morgan fingerprint density at radius 1 is 1.09 bits per heavy atom. The minimum atomic E-state index is -0.868. The van der Waals surface area contributed by atoms with Gasteiger partial charge in [0.25, 0.3) is 0 Å². The molecule has 32 heavy (non-hydrogen) atoms. The zero-order valence-electron chi connectivity index (χ0n) is 17.8. The molecule has 0 saturated carbocycles. The van der Waals surface area contributed by atoms with Crippen LogP contribution in [0.5, 0.6) is 0 Å². The molecule has 5 rings (SSSR count). The summed E-state index contributed by atoms with van der Waals surface area (Å²) in [7, 11) is 0. The van der Waals surface area contributed by atoms with Crippen LogP contribution in [-0.4, -0.2) is 62.2 Å². The van der Waals surface area contributed by atoms with E-state index >= 15 is 0 Å². The van der Waals surface area contributed by atoms with Crippen LogP contribution < -0.4 is 4.90 Å². The van der Waals surface area contributed by atoms with E-state index in [1.54, 1.807) is 6.20 Å². The van der Waals surface area contributed by atoms with Crippen molar-refractivity contribution in [3.63, 3.8) is 0 Å². The number of aliphatic hydroxyl groups is 1. The normalized spacial score (nSPS) is 16.0. The molecule has 164 valence electrons. The molecule has 0 unspecified atom stereocenters. The van der Waals surface area contributed by atoms with Gasteiger partial charge in [-0.05, 0) is 30.7 Å². The molecule has 3 heterocycles. The second-order valence-corrected chi connectivity index (χ2v) is 8.17. The Bertz CT molecular complexity index is 1290. The maximum atomic E-state index is 12.3. The summed E-state index contributed by atoms with van der Waals surface area (Å²) in [6, 6.07) is 12.7. The number of nitrogens with one attached hydrogen (secondary N) is 1. The molecule has 1 saturated heterocycles. The molecule has 2 aromatic carbocycles. The topological polar surface area (TPSA) is 106 Å². The lowest BCUT2D eigenvalue weighted by molar-refractivity contribution is -0.143. The number of aryl methyl sites for hydroxylation is 1. The molecular weight excluding hydrogens is 406 g/mol. The quantitative estimate of drug-likeness (QED) is 0.446. The summed E-state index contributed by atoms with van der Waals surface area (Å²) in [6.07, 6.45) is 1.77. The molecule has 1 aliphatic heterocycles. The van der Waals surface area contributed by atoms with Crippen molar-refractivity contribution in [1.29, 1.82) is 0 Å². The number of aliphatic carboxylic acids is 1. The van der Waals surface area contributed by atoms with E-state index in [0.717, 1.165) is 44.6 Å². The van der Waals surface area contributed by atoms with Crippen LogP contribution >= 0.6 is 0 Å². The Morgan fingerprint density at radius 3 is 2.50 bits per heavy atom. The number of H-pyrrole nitrogens is 1. The minimum absolute atomic E-state index is 0.0499. The third-order valence-electron chi connectivity index (χ3n) is 6.19. The van der Waals surface area contributed by atoms with Crippen molar-refractivity contribution < 1.29 is 15.0 Å². The first-order valence-electron chi connectivity index (χ1n) is 10.7. The first-order chi connectivity index (χ1) is 15.5. The summed E-state index contributed by atoms with van der Waals surface area (Å²) in [5.41, 5.74) is 4.98. The van der Waals surface area contributed by atoms with Crippen molar-refractivity contribution in [2.24, 2.45) is 0 Å².